The number of unbranched alkanes of at least 4 members (excludes halogenated alkanes) is 2. The molecule has 8 rings (SSSR count). The Kier molecular flexibility index (Phi) is 14.1. The number of carbonyl (C=O) groups excluding carboxylic acids is 2. The van der Waals surface area contributed by atoms with Crippen molar-refractivity contribution >= 4 is 23.1 Å². The number of methoxy groups -OCH3 is 2. The molecule has 4 unspecified atom stereocenters. The van der Waals surface area contributed by atoms with Crippen LogP contribution in [-0.2, 0) is 32.2 Å². The van der Waals surface area contributed by atoms with Gasteiger partial charge < -0.3 is 29.6 Å². The van der Waals surface area contributed by atoms with Gasteiger partial charge in [-0.1, -0.05) is 26.7 Å². The van der Waals surface area contributed by atoms with Crippen molar-refractivity contribution in [3.8, 4) is 0 Å². The summed E-state index contributed by atoms with van der Waals surface area (Å²) < 4.78 is 26.3. The third kappa shape index (κ3) is 9.40. The van der Waals surface area contributed by atoms with E-state index in [1.807, 2.05) is 34.8 Å². The summed E-state index contributed by atoms with van der Waals surface area (Å²) in [6, 6.07) is 4.35. The third-order valence-corrected chi connectivity index (χ3v) is 12.9. The first-order chi connectivity index (χ1) is 28.2. The van der Waals surface area contributed by atoms with Crippen LogP contribution >= 0.6 is 0 Å². The maximum absolute atomic E-state index is 13.1. The van der Waals surface area contributed by atoms with Crippen LogP contribution in [0.1, 0.15) is 135 Å². The second kappa shape index (κ2) is 19.4. The molecule has 0 aromatic carbocycles. The van der Waals surface area contributed by atoms with Gasteiger partial charge in [-0.3, -0.25) is 18.4 Å². The van der Waals surface area contributed by atoms with Crippen LogP contribution in [-0.4, -0.2) is 92.3 Å². The van der Waals surface area contributed by atoms with E-state index in [0.717, 1.165) is 87.4 Å². The molecule has 14 nitrogen and oxygen atoms in total. The molecule has 4 heterocycles. The summed E-state index contributed by atoms with van der Waals surface area (Å²) in [6.07, 6.45) is 17.5. The van der Waals surface area contributed by atoms with Gasteiger partial charge in [-0.05, 0) is 114 Å². The van der Waals surface area contributed by atoms with Gasteiger partial charge in [0.25, 0.3) is 11.8 Å². The number of imidazole rings is 2. The third-order valence-electron chi connectivity index (χ3n) is 12.9. The number of rotatable bonds is 16. The van der Waals surface area contributed by atoms with Gasteiger partial charge in [0, 0.05) is 50.9 Å². The minimum Gasteiger partial charge on any atom is -0.378 e. The molecule has 0 spiro atoms. The number of ether oxygens (including phenoxy) is 4. The lowest BCUT2D eigenvalue weighted by Gasteiger charge is -2.35. The minimum atomic E-state index is -0.124. The second-order valence-electron chi connectivity index (χ2n) is 17.0. The Hall–Kier alpha value is -3.98. The Morgan fingerprint density at radius 1 is 0.655 bits per heavy atom. The molecule has 0 saturated heterocycles. The van der Waals surface area contributed by atoms with Crippen molar-refractivity contribution in [1.82, 2.24) is 39.4 Å². The average Bonchev–Trinajstić information content (AvgIpc) is 3.94. The van der Waals surface area contributed by atoms with Crippen LogP contribution < -0.4 is 10.6 Å². The number of fused-ring (bicyclic) bond motifs is 6. The van der Waals surface area contributed by atoms with E-state index in [1.54, 1.807) is 26.9 Å². The normalized spacial score (nSPS) is 26.2. The number of nitrogens with zero attached hydrogens (tertiary/aromatic N) is 6. The molecule has 4 aliphatic rings. The molecule has 2 N–H and O–H groups in total. The van der Waals surface area contributed by atoms with E-state index in [1.165, 1.54) is 25.7 Å². The minimum absolute atomic E-state index is 0.124. The number of carbonyl (C=O) groups is 2. The van der Waals surface area contributed by atoms with E-state index in [2.05, 4.69) is 44.4 Å². The van der Waals surface area contributed by atoms with E-state index >= 15 is 0 Å². The first-order valence-corrected chi connectivity index (χ1v) is 21.7. The van der Waals surface area contributed by atoms with Crippen LogP contribution in [0, 0.1) is 37.5 Å². The standard InChI is InChI=1S/2C22H32N4O3/c2*1-4-5-8-29-18-10-15-6-7-16(11-18)19(15)25-22(27)20-21-24-17(12-28-3)9-14(2)26(21)13-23-20/h2*9,13,15-16,18-19H,4-8,10-12H2,1-3H3,(H,25,27)/t2*15-,16+,18?,19?. The van der Waals surface area contributed by atoms with Gasteiger partial charge >= 0.3 is 0 Å². The lowest BCUT2D eigenvalue weighted by Crippen LogP contribution is -2.46. The maximum Gasteiger partial charge on any atom is 0.274 e. The highest BCUT2D eigenvalue weighted by Crippen LogP contribution is 2.44. The van der Waals surface area contributed by atoms with Crippen molar-refractivity contribution in [2.75, 3.05) is 27.4 Å². The number of hydrogen-bond donors (Lipinski definition) is 2. The van der Waals surface area contributed by atoms with E-state index in [9.17, 15) is 9.59 Å². The lowest BCUT2D eigenvalue weighted by molar-refractivity contribution is -0.00127. The number of hydrogen-bond acceptors (Lipinski definition) is 10. The van der Waals surface area contributed by atoms with Crippen molar-refractivity contribution in [1.29, 1.82) is 0 Å². The van der Waals surface area contributed by atoms with Crippen LogP contribution in [0.4, 0.5) is 0 Å². The molecule has 58 heavy (non-hydrogen) atoms. The van der Waals surface area contributed by atoms with Gasteiger partial charge in [0.05, 0.1) is 36.8 Å². The molecule has 0 aliphatic heterocycles. The molecule has 0 radical (unpaired) electrons. The van der Waals surface area contributed by atoms with E-state index in [0.29, 0.717) is 71.8 Å². The fourth-order valence-electron chi connectivity index (χ4n) is 10.1. The van der Waals surface area contributed by atoms with Gasteiger partial charge in [-0.25, -0.2) is 19.9 Å². The Morgan fingerprint density at radius 3 is 1.38 bits per heavy atom. The van der Waals surface area contributed by atoms with Crippen LogP contribution in [0.5, 0.6) is 0 Å². The zero-order chi connectivity index (χ0) is 40.8. The predicted octanol–water partition coefficient (Wildman–Crippen LogP) is 6.58. The SMILES string of the molecule is CCCCOC1C[C@H]2CC[C@@H](C1)C2NC(=O)c1ncn2c(C)cc(COC)nc12.CCCCOC1C[C@H]2CC[C@@H](C1)C2NC(=O)c1ncn2c(C)cc(COC)nc12. The van der Waals surface area contributed by atoms with Gasteiger partial charge in [0.15, 0.2) is 22.7 Å². The maximum atomic E-state index is 13.1. The van der Waals surface area contributed by atoms with E-state index in [4.69, 9.17) is 18.9 Å². The average molecular weight is 801 g/mol. The van der Waals surface area contributed by atoms with Crippen LogP contribution in [0.25, 0.3) is 11.3 Å². The molecule has 4 aliphatic carbocycles. The molecule has 8 atom stereocenters. The summed E-state index contributed by atoms with van der Waals surface area (Å²) in [5.74, 6) is 1.74. The highest BCUT2D eigenvalue weighted by atomic mass is 16.5. The molecule has 4 saturated carbocycles. The molecular weight excluding hydrogens is 737 g/mol. The first-order valence-electron chi connectivity index (χ1n) is 21.7. The number of nitrogens with one attached hydrogen (secondary N) is 2. The Labute approximate surface area is 342 Å². The molecule has 2 amide bonds. The highest BCUT2D eigenvalue weighted by molar-refractivity contribution is 5.98. The number of aromatic nitrogens is 6. The summed E-state index contributed by atoms with van der Waals surface area (Å²) in [5.41, 5.74) is 5.56. The zero-order valence-corrected chi connectivity index (χ0v) is 35.4. The smallest absolute Gasteiger partial charge is 0.274 e. The monoisotopic (exact) mass is 800 g/mol. The van der Waals surface area contributed by atoms with Crippen LogP contribution in [0.3, 0.4) is 0 Å². The summed E-state index contributed by atoms with van der Waals surface area (Å²) in [5, 5.41) is 6.59. The van der Waals surface area contributed by atoms with Crippen molar-refractivity contribution in [2.45, 2.75) is 142 Å². The van der Waals surface area contributed by atoms with Crippen molar-refractivity contribution < 1.29 is 28.5 Å². The van der Waals surface area contributed by atoms with Gasteiger partial charge in [-0.2, -0.15) is 0 Å². The summed E-state index contributed by atoms with van der Waals surface area (Å²) in [6.45, 7) is 10.9. The largest absolute Gasteiger partial charge is 0.378 e. The Morgan fingerprint density at radius 2 is 1.03 bits per heavy atom. The molecule has 4 aromatic heterocycles. The number of amides is 2. The molecule has 14 heteroatoms. The predicted molar refractivity (Wildman–Crippen MR) is 220 cm³/mol. The quantitative estimate of drug-likeness (QED) is 0.119. The zero-order valence-electron chi connectivity index (χ0n) is 35.4. The first kappa shape index (κ1) is 42.2. The van der Waals surface area contributed by atoms with E-state index < -0.39 is 0 Å². The van der Waals surface area contributed by atoms with Gasteiger partial charge in [0.2, 0.25) is 0 Å². The fourth-order valence-corrected chi connectivity index (χ4v) is 10.1. The van der Waals surface area contributed by atoms with E-state index in [-0.39, 0.29) is 23.9 Å². The Bertz CT molecular complexity index is 1840. The Balaban J connectivity index is 0.000000177. The lowest BCUT2D eigenvalue weighted by atomic mass is 9.82. The number of aryl methyl sites for hydroxylation is 2. The van der Waals surface area contributed by atoms with Crippen molar-refractivity contribution in [3.63, 3.8) is 0 Å². The van der Waals surface area contributed by atoms with Gasteiger partial charge in [0.1, 0.15) is 12.7 Å². The summed E-state index contributed by atoms with van der Waals surface area (Å²) >= 11 is 0. The molecule has 4 aromatic rings. The fraction of sp³-hybridized carbons (Fsp3) is 0.682. The topological polar surface area (TPSA) is 156 Å². The molecular formula is C44H64N8O6. The molecule has 4 fully saturated rings. The molecule has 316 valence electrons. The summed E-state index contributed by atoms with van der Waals surface area (Å²) in [7, 11) is 3.28. The van der Waals surface area contributed by atoms with Crippen LogP contribution in [0.15, 0.2) is 24.8 Å². The van der Waals surface area contributed by atoms with Gasteiger partial charge in [-0.15, -0.1) is 0 Å². The van der Waals surface area contributed by atoms with Crippen LogP contribution in [0.2, 0.25) is 0 Å². The summed E-state index contributed by atoms with van der Waals surface area (Å²) in [4.78, 5) is 44.1. The second-order valence-corrected chi connectivity index (χ2v) is 17.0. The highest BCUT2D eigenvalue weighted by Gasteiger charge is 2.45. The van der Waals surface area contributed by atoms with Crippen molar-refractivity contribution in [2.24, 2.45) is 23.7 Å². The van der Waals surface area contributed by atoms with Crippen molar-refractivity contribution in [3.05, 3.63) is 59.0 Å². The molecule has 4 bridgehead atoms.